The van der Waals surface area contributed by atoms with Crippen molar-refractivity contribution < 1.29 is 19.4 Å². The summed E-state index contributed by atoms with van der Waals surface area (Å²) in [4.78, 5) is 36.9. The fourth-order valence-electron chi connectivity index (χ4n) is 4.80. The molecule has 210 valence electrons. The minimum absolute atomic E-state index is 0.116. The molecule has 5 rings (SSSR count). The van der Waals surface area contributed by atoms with Crippen molar-refractivity contribution in [3.63, 3.8) is 0 Å². The zero-order chi connectivity index (χ0) is 28.6. The number of ether oxygens (including phenoxy) is 1. The number of aromatic nitrogens is 2. The Hall–Kier alpha value is -4.56. The average molecular weight is 551 g/mol. The molecule has 1 unspecified atom stereocenters. The Morgan fingerprint density at radius 2 is 1.51 bits per heavy atom. The van der Waals surface area contributed by atoms with E-state index in [-0.39, 0.29) is 18.9 Å². The molecule has 8 nitrogen and oxygen atoms in total. The van der Waals surface area contributed by atoms with Crippen LogP contribution in [-0.2, 0) is 16.1 Å². The van der Waals surface area contributed by atoms with Gasteiger partial charge in [-0.2, -0.15) is 0 Å². The summed E-state index contributed by atoms with van der Waals surface area (Å²) in [7, 11) is 0. The van der Waals surface area contributed by atoms with Crippen LogP contribution in [-0.4, -0.2) is 52.7 Å². The van der Waals surface area contributed by atoms with Gasteiger partial charge in [0.25, 0.3) is 5.91 Å². The maximum Gasteiger partial charge on any atom is 0.328 e. The number of anilines is 1. The lowest BCUT2D eigenvalue weighted by Gasteiger charge is -2.31. The molecule has 0 spiro atoms. The van der Waals surface area contributed by atoms with Gasteiger partial charge in [0.15, 0.2) is 11.9 Å². The summed E-state index contributed by atoms with van der Waals surface area (Å²) in [6, 6.07) is 27.9. The fourth-order valence-corrected chi connectivity index (χ4v) is 4.80. The number of hydrogen-bond donors (Lipinski definition) is 2. The van der Waals surface area contributed by atoms with E-state index >= 15 is 0 Å². The van der Waals surface area contributed by atoms with E-state index in [1.165, 1.54) is 0 Å². The number of nitrogens with one attached hydrogen (secondary N) is 1. The van der Waals surface area contributed by atoms with Crippen molar-refractivity contribution in [2.24, 2.45) is 5.92 Å². The number of rotatable bonds is 10. The maximum atomic E-state index is 13.4. The highest BCUT2D eigenvalue weighted by atomic mass is 16.5. The third-order valence-electron chi connectivity index (χ3n) is 7.30. The summed E-state index contributed by atoms with van der Waals surface area (Å²) in [6.07, 6.45) is 2.07. The molecule has 2 N–H and O–H groups in total. The predicted molar refractivity (Wildman–Crippen MR) is 159 cm³/mol. The molecule has 41 heavy (non-hydrogen) atoms. The zero-order valence-electron chi connectivity index (χ0n) is 23.1. The van der Waals surface area contributed by atoms with Crippen molar-refractivity contribution in [3.05, 3.63) is 102 Å². The van der Waals surface area contributed by atoms with Gasteiger partial charge in [0.1, 0.15) is 11.5 Å². The lowest BCUT2D eigenvalue weighted by molar-refractivity contribution is -0.141. The van der Waals surface area contributed by atoms with E-state index in [4.69, 9.17) is 9.72 Å². The molecule has 8 heteroatoms. The topological polar surface area (TPSA) is 105 Å². The van der Waals surface area contributed by atoms with E-state index in [9.17, 15) is 14.7 Å². The van der Waals surface area contributed by atoms with Gasteiger partial charge in [-0.05, 0) is 35.4 Å². The van der Waals surface area contributed by atoms with Gasteiger partial charge < -0.3 is 20.1 Å². The molecule has 1 fully saturated rings. The Morgan fingerprint density at radius 1 is 0.902 bits per heavy atom. The highest BCUT2D eigenvalue weighted by Crippen LogP contribution is 2.27. The Morgan fingerprint density at radius 3 is 2.17 bits per heavy atom. The molecule has 0 radical (unpaired) electrons. The number of benzene rings is 3. The number of piperidine rings is 1. The molecule has 1 atom stereocenters. The molecule has 0 saturated carbocycles. The quantitative estimate of drug-likeness (QED) is 0.271. The first-order valence-corrected chi connectivity index (χ1v) is 13.9. The van der Waals surface area contributed by atoms with Gasteiger partial charge >= 0.3 is 5.97 Å². The van der Waals surface area contributed by atoms with Gasteiger partial charge in [-0.15, -0.1) is 0 Å². The Bertz CT molecular complexity index is 1450. The van der Waals surface area contributed by atoms with E-state index in [1.54, 1.807) is 6.07 Å². The van der Waals surface area contributed by atoms with Crippen LogP contribution in [0.15, 0.2) is 91.0 Å². The molecule has 3 aromatic carbocycles. The van der Waals surface area contributed by atoms with Crippen LogP contribution in [0.1, 0.15) is 35.8 Å². The van der Waals surface area contributed by atoms with E-state index in [2.05, 4.69) is 22.1 Å². The SMILES string of the molecule is CC1CCN(c2cc(C(=O)NC(COCc3ccccc3)C(=O)O)nc(-c3ccc(-c4ccccc4)cc3)n2)CC1. The van der Waals surface area contributed by atoms with Crippen LogP contribution < -0.4 is 10.2 Å². The third kappa shape index (κ3) is 7.35. The lowest BCUT2D eigenvalue weighted by Crippen LogP contribution is -2.44. The van der Waals surface area contributed by atoms with Crippen molar-refractivity contribution in [1.82, 2.24) is 15.3 Å². The van der Waals surface area contributed by atoms with Crippen LogP contribution in [0.4, 0.5) is 5.82 Å². The lowest BCUT2D eigenvalue weighted by atomic mass is 9.99. The van der Waals surface area contributed by atoms with E-state index in [0.29, 0.717) is 17.6 Å². The molecule has 1 aromatic heterocycles. The summed E-state index contributed by atoms with van der Waals surface area (Å²) < 4.78 is 5.61. The van der Waals surface area contributed by atoms with Gasteiger partial charge in [-0.3, -0.25) is 4.79 Å². The normalized spacial score (nSPS) is 14.4. The first-order valence-electron chi connectivity index (χ1n) is 13.9. The second-order valence-corrected chi connectivity index (χ2v) is 10.4. The number of carboxylic acid groups (broad SMARTS) is 1. The molecular formula is C33H34N4O4. The number of carbonyl (C=O) groups is 2. The number of carbonyl (C=O) groups excluding carboxylic acids is 1. The molecule has 1 aliphatic heterocycles. The Kier molecular flexibility index (Phi) is 9.01. The van der Waals surface area contributed by atoms with Crippen LogP contribution in [0.5, 0.6) is 0 Å². The smallest absolute Gasteiger partial charge is 0.328 e. The third-order valence-corrected chi connectivity index (χ3v) is 7.30. The highest BCUT2D eigenvalue weighted by molar-refractivity contribution is 5.96. The maximum absolute atomic E-state index is 13.4. The monoisotopic (exact) mass is 550 g/mol. The first-order chi connectivity index (χ1) is 20.0. The van der Waals surface area contributed by atoms with E-state index in [0.717, 1.165) is 48.2 Å². The Balaban J connectivity index is 1.38. The van der Waals surface area contributed by atoms with Crippen molar-refractivity contribution in [1.29, 1.82) is 0 Å². The van der Waals surface area contributed by atoms with E-state index in [1.807, 2.05) is 84.9 Å². The van der Waals surface area contributed by atoms with Crippen molar-refractivity contribution in [3.8, 4) is 22.5 Å². The number of aliphatic carboxylic acids is 1. The standard InChI is InChI=1S/C33H34N4O4/c1-23-16-18-37(19-17-23)30-20-28(32(38)35-29(33(39)40)22-41-21-24-8-4-2-5-9-24)34-31(36-30)27-14-12-26(13-15-27)25-10-6-3-7-11-25/h2-15,20,23,29H,16-19,21-22H2,1H3,(H,35,38)(H,39,40). The summed E-state index contributed by atoms with van der Waals surface area (Å²) in [6.45, 7) is 3.97. The molecule has 0 bridgehead atoms. The number of nitrogens with zero attached hydrogens (tertiary/aromatic N) is 3. The second-order valence-electron chi connectivity index (χ2n) is 10.4. The zero-order valence-corrected chi connectivity index (χ0v) is 23.1. The minimum Gasteiger partial charge on any atom is -0.480 e. The largest absolute Gasteiger partial charge is 0.480 e. The predicted octanol–water partition coefficient (Wildman–Crippen LogP) is 5.45. The molecule has 1 saturated heterocycles. The van der Waals surface area contributed by atoms with E-state index < -0.39 is 17.9 Å². The van der Waals surface area contributed by atoms with Gasteiger partial charge in [0.2, 0.25) is 0 Å². The van der Waals surface area contributed by atoms with Crippen molar-refractivity contribution >= 4 is 17.7 Å². The fraction of sp³-hybridized carbons (Fsp3) is 0.273. The molecular weight excluding hydrogens is 516 g/mol. The first kappa shape index (κ1) is 28.0. The van der Waals surface area contributed by atoms with Crippen molar-refractivity contribution in [2.45, 2.75) is 32.4 Å². The molecule has 4 aromatic rings. The second kappa shape index (κ2) is 13.2. The number of hydrogen-bond acceptors (Lipinski definition) is 6. The van der Waals surface area contributed by atoms with Gasteiger partial charge in [0, 0.05) is 24.7 Å². The average Bonchev–Trinajstić information content (AvgIpc) is 3.01. The molecule has 1 aliphatic rings. The van der Waals surface area contributed by atoms with Gasteiger partial charge in [-0.25, -0.2) is 14.8 Å². The van der Waals surface area contributed by atoms with Crippen LogP contribution >= 0.6 is 0 Å². The highest BCUT2D eigenvalue weighted by Gasteiger charge is 2.25. The van der Waals surface area contributed by atoms with Crippen LogP contribution in [0.3, 0.4) is 0 Å². The van der Waals surface area contributed by atoms with Crippen LogP contribution in [0, 0.1) is 5.92 Å². The summed E-state index contributed by atoms with van der Waals surface area (Å²) in [5.41, 5.74) is 3.97. The summed E-state index contributed by atoms with van der Waals surface area (Å²) in [5, 5.41) is 12.4. The van der Waals surface area contributed by atoms with Gasteiger partial charge in [-0.1, -0.05) is 91.9 Å². The minimum atomic E-state index is -1.23. The molecule has 0 aliphatic carbocycles. The molecule has 2 heterocycles. The van der Waals surface area contributed by atoms with Gasteiger partial charge in [0.05, 0.1) is 13.2 Å². The summed E-state index contributed by atoms with van der Waals surface area (Å²) >= 11 is 0. The van der Waals surface area contributed by atoms with Crippen LogP contribution in [0.25, 0.3) is 22.5 Å². The van der Waals surface area contributed by atoms with Crippen LogP contribution in [0.2, 0.25) is 0 Å². The number of carboxylic acids is 1. The summed E-state index contributed by atoms with van der Waals surface area (Å²) in [5.74, 6) is -0.0585. The Labute approximate surface area is 240 Å². The molecule has 1 amide bonds. The van der Waals surface area contributed by atoms with Crippen molar-refractivity contribution in [2.75, 3.05) is 24.6 Å². The number of amides is 1.